The molecule has 0 aromatic carbocycles. The smallest absolute Gasteiger partial charge is 0.271 e. The topological polar surface area (TPSA) is 76.7 Å². The van der Waals surface area contributed by atoms with Crippen molar-refractivity contribution in [3.63, 3.8) is 0 Å². The molecule has 0 spiro atoms. The van der Waals surface area contributed by atoms with Gasteiger partial charge in [0.2, 0.25) is 0 Å². The van der Waals surface area contributed by atoms with Crippen LogP contribution in [0.5, 0.6) is 0 Å². The van der Waals surface area contributed by atoms with Crippen molar-refractivity contribution in [1.29, 1.82) is 0 Å². The molecule has 0 aliphatic carbocycles. The number of nitrogens with zero attached hydrogens (tertiary/aromatic N) is 4. The summed E-state index contributed by atoms with van der Waals surface area (Å²) in [5.41, 5.74) is 0.909. The largest absolute Gasteiger partial charge is 0.333 e. The standard InChI is InChI=1S/C11H17N5OS/c1-6(2)9-10(18-16-14-9)11-13-8(15-17-11)5-12-7(3)4/h6-7,12H,5H2,1-4H3. The van der Waals surface area contributed by atoms with Crippen molar-refractivity contribution in [2.45, 2.75) is 46.2 Å². The number of hydrogen-bond donors (Lipinski definition) is 1. The minimum absolute atomic E-state index is 0.294. The SMILES string of the molecule is CC(C)NCc1noc(-c2snnc2C(C)C)n1. The third kappa shape index (κ3) is 2.91. The van der Waals surface area contributed by atoms with E-state index in [1.54, 1.807) is 0 Å². The van der Waals surface area contributed by atoms with Crippen LogP contribution in [-0.2, 0) is 6.54 Å². The van der Waals surface area contributed by atoms with Gasteiger partial charge >= 0.3 is 0 Å². The van der Waals surface area contributed by atoms with E-state index in [4.69, 9.17) is 4.52 Å². The monoisotopic (exact) mass is 267 g/mol. The van der Waals surface area contributed by atoms with Crippen molar-refractivity contribution in [3.05, 3.63) is 11.5 Å². The first kappa shape index (κ1) is 13.1. The first-order valence-electron chi connectivity index (χ1n) is 5.96. The van der Waals surface area contributed by atoms with Gasteiger partial charge in [0, 0.05) is 6.04 Å². The second-order valence-corrected chi connectivity index (χ2v) is 5.45. The van der Waals surface area contributed by atoms with E-state index in [0.29, 0.717) is 30.2 Å². The van der Waals surface area contributed by atoms with E-state index in [9.17, 15) is 0 Å². The molecule has 98 valence electrons. The summed E-state index contributed by atoms with van der Waals surface area (Å²) in [6.07, 6.45) is 0. The predicted octanol–water partition coefficient (Wildman–Crippen LogP) is 2.21. The molecule has 1 N–H and O–H groups in total. The maximum atomic E-state index is 5.26. The normalized spacial score (nSPS) is 11.7. The number of hydrogen-bond acceptors (Lipinski definition) is 7. The van der Waals surface area contributed by atoms with Crippen LogP contribution in [-0.4, -0.2) is 25.8 Å². The summed E-state index contributed by atoms with van der Waals surface area (Å²) in [5, 5.41) is 11.3. The van der Waals surface area contributed by atoms with E-state index in [-0.39, 0.29) is 0 Å². The molecule has 0 fully saturated rings. The maximum absolute atomic E-state index is 5.26. The second kappa shape index (κ2) is 5.53. The lowest BCUT2D eigenvalue weighted by Gasteiger charge is -2.03. The van der Waals surface area contributed by atoms with Gasteiger partial charge in [0.1, 0.15) is 4.88 Å². The molecule has 0 unspecified atom stereocenters. The fourth-order valence-electron chi connectivity index (χ4n) is 1.44. The van der Waals surface area contributed by atoms with E-state index in [1.807, 2.05) is 0 Å². The van der Waals surface area contributed by atoms with Crippen LogP contribution in [0.2, 0.25) is 0 Å². The van der Waals surface area contributed by atoms with Gasteiger partial charge < -0.3 is 9.84 Å². The van der Waals surface area contributed by atoms with Crippen molar-refractivity contribution in [3.8, 4) is 10.8 Å². The van der Waals surface area contributed by atoms with Crippen LogP contribution in [0.1, 0.15) is 45.1 Å². The average molecular weight is 267 g/mol. The van der Waals surface area contributed by atoms with Gasteiger partial charge in [-0.2, -0.15) is 4.98 Å². The summed E-state index contributed by atoms with van der Waals surface area (Å²) in [6.45, 7) is 8.88. The van der Waals surface area contributed by atoms with Crippen LogP contribution in [0.25, 0.3) is 10.8 Å². The molecule has 0 saturated carbocycles. The Morgan fingerprint density at radius 3 is 2.72 bits per heavy atom. The quantitative estimate of drug-likeness (QED) is 0.895. The van der Waals surface area contributed by atoms with Gasteiger partial charge in [-0.05, 0) is 17.5 Å². The molecule has 7 heteroatoms. The fraction of sp³-hybridized carbons (Fsp3) is 0.636. The Labute approximate surface area is 110 Å². The molecule has 0 aliphatic heterocycles. The summed E-state index contributed by atoms with van der Waals surface area (Å²) in [6, 6.07) is 0.392. The number of rotatable bonds is 5. The molecule has 0 atom stereocenters. The molecule has 0 saturated heterocycles. The van der Waals surface area contributed by atoms with Gasteiger partial charge in [0.05, 0.1) is 12.2 Å². The summed E-state index contributed by atoms with van der Waals surface area (Å²) >= 11 is 1.29. The van der Waals surface area contributed by atoms with Crippen LogP contribution in [0.3, 0.4) is 0 Å². The minimum Gasteiger partial charge on any atom is -0.333 e. The fourth-order valence-corrected chi connectivity index (χ4v) is 2.18. The molecule has 2 aromatic rings. The first-order chi connectivity index (χ1) is 8.58. The van der Waals surface area contributed by atoms with Crippen LogP contribution in [0, 0.1) is 0 Å². The highest BCUT2D eigenvalue weighted by molar-refractivity contribution is 7.09. The van der Waals surface area contributed by atoms with Gasteiger partial charge in [-0.3, -0.25) is 0 Å². The van der Waals surface area contributed by atoms with Crippen LogP contribution in [0.15, 0.2) is 4.52 Å². The zero-order valence-electron chi connectivity index (χ0n) is 11.0. The van der Waals surface area contributed by atoms with Crippen LogP contribution in [0.4, 0.5) is 0 Å². The van der Waals surface area contributed by atoms with Crippen molar-refractivity contribution in [2.24, 2.45) is 0 Å². The van der Waals surface area contributed by atoms with Crippen LogP contribution < -0.4 is 5.32 Å². The molecule has 18 heavy (non-hydrogen) atoms. The highest BCUT2D eigenvalue weighted by atomic mass is 32.1. The number of nitrogens with one attached hydrogen (secondary N) is 1. The zero-order valence-corrected chi connectivity index (χ0v) is 11.8. The third-order valence-electron chi connectivity index (χ3n) is 2.39. The molecule has 2 aromatic heterocycles. The average Bonchev–Trinajstić information content (AvgIpc) is 2.94. The summed E-state index contributed by atoms with van der Waals surface area (Å²) in [4.78, 5) is 5.23. The van der Waals surface area contributed by atoms with Crippen molar-refractivity contribution < 1.29 is 4.52 Å². The Balaban J connectivity index is 2.16. The Morgan fingerprint density at radius 2 is 2.06 bits per heavy atom. The van der Waals surface area contributed by atoms with Crippen molar-refractivity contribution in [1.82, 2.24) is 25.0 Å². The summed E-state index contributed by atoms with van der Waals surface area (Å²) in [5.74, 6) is 1.46. The Kier molecular flexibility index (Phi) is 4.03. The Bertz CT molecular complexity index is 505. The van der Waals surface area contributed by atoms with E-state index < -0.39 is 0 Å². The molecule has 2 rings (SSSR count). The zero-order chi connectivity index (χ0) is 13.1. The van der Waals surface area contributed by atoms with E-state index in [1.165, 1.54) is 11.5 Å². The molecule has 2 heterocycles. The lowest BCUT2D eigenvalue weighted by Crippen LogP contribution is -2.22. The third-order valence-corrected chi connectivity index (χ3v) is 3.12. The van der Waals surface area contributed by atoms with Gasteiger partial charge in [-0.15, -0.1) is 5.10 Å². The highest BCUT2D eigenvalue weighted by Gasteiger charge is 2.19. The van der Waals surface area contributed by atoms with Gasteiger partial charge in [-0.1, -0.05) is 37.3 Å². The molecular weight excluding hydrogens is 250 g/mol. The lowest BCUT2D eigenvalue weighted by atomic mass is 10.1. The molecule has 6 nitrogen and oxygen atoms in total. The van der Waals surface area contributed by atoms with E-state index in [0.717, 1.165) is 10.6 Å². The Hall–Kier alpha value is -1.34. The molecule has 0 bridgehead atoms. The lowest BCUT2D eigenvalue weighted by molar-refractivity contribution is 0.417. The van der Waals surface area contributed by atoms with Crippen molar-refractivity contribution >= 4 is 11.5 Å². The molecule has 0 aliphatic rings. The summed E-state index contributed by atoms with van der Waals surface area (Å²) < 4.78 is 9.21. The molecular formula is C11H17N5OS. The van der Waals surface area contributed by atoms with Crippen LogP contribution >= 0.6 is 11.5 Å². The molecule has 0 amide bonds. The molecule has 0 radical (unpaired) electrons. The minimum atomic E-state index is 0.294. The highest BCUT2D eigenvalue weighted by Crippen LogP contribution is 2.29. The number of aromatic nitrogens is 4. The summed E-state index contributed by atoms with van der Waals surface area (Å²) in [7, 11) is 0. The van der Waals surface area contributed by atoms with Crippen molar-refractivity contribution in [2.75, 3.05) is 0 Å². The van der Waals surface area contributed by atoms with Gasteiger partial charge in [0.15, 0.2) is 5.82 Å². The maximum Gasteiger partial charge on any atom is 0.271 e. The van der Waals surface area contributed by atoms with E-state index >= 15 is 0 Å². The first-order valence-corrected chi connectivity index (χ1v) is 6.74. The van der Waals surface area contributed by atoms with Gasteiger partial charge in [0.25, 0.3) is 5.89 Å². The Morgan fingerprint density at radius 1 is 1.28 bits per heavy atom. The predicted molar refractivity (Wildman–Crippen MR) is 69.3 cm³/mol. The van der Waals surface area contributed by atoms with Gasteiger partial charge in [-0.25, -0.2) is 0 Å². The van der Waals surface area contributed by atoms with E-state index in [2.05, 4.69) is 52.7 Å². The second-order valence-electron chi connectivity index (χ2n) is 4.69.